The van der Waals surface area contributed by atoms with Crippen LogP contribution in [0.15, 0.2) is 30.8 Å². The summed E-state index contributed by atoms with van der Waals surface area (Å²) in [6.07, 6.45) is 2.66. The molecule has 2 rings (SSSR count). The normalized spacial score (nSPS) is 15.3. The molecule has 0 saturated heterocycles. The van der Waals surface area contributed by atoms with Gasteiger partial charge in [-0.1, -0.05) is 18.7 Å². The first-order valence-electron chi connectivity index (χ1n) is 5.15. The van der Waals surface area contributed by atoms with Crippen LogP contribution < -0.4 is 4.90 Å². The van der Waals surface area contributed by atoms with Gasteiger partial charge < -0.3 is 4.90 Å². The Labute approximate surface area is 86.1 Å². The van der Waals surface area contributed by atoms with Crippen molar-refractivity contribution in [2.24, 2.45) is 5.92 Å². The van der Waals surface area contributed by atoms with E-state index in [1.807, 2.05) is 0 Å². The standard InChI is InChI=1S/C13H17N/c1-10(11-4-5-11)12-6-8-13(9-7-12)14(2)3/h6-9,11H,1,4-5H2,2-3H3. The lowest BCUT2D eigenvalue weighted by molar-refractivity contribution is 1.12. The van der Waals surface area contributed by atoms with Gasteiger partial charge in [-0.25, -0.2) is 0 Å². The van der Waals surface area contributed by atoms with E-state index in [0.29, 0.717) is 0 Å². The molecule has 0 amide bonds. The number of rotatable bonds is 3. The molecule has 0 spiro atoms. The van der Waals surface area contributed by atoms with Crippen molar-refractivity contribution in [3.05, 3.63) is 36.4 Å². The molecule has 0 aromatic heterocycles. The monoisotopic (exact) mass is 187 g/mol. The minimum atomic E-state index is 0.764. The largest absolute Gasteiger partial charge is 0.378 e. The first-order valence-corrected chi connectivity index (χ1v) is 5.15. The molecular formula is C13H17N. The van der Waals surface area contributed by atoms with Gasteiger partial charge in [0, 0.05) is 19.8 Å². The third-order valence-corrected chi connectivity index (χ3v) is 2.82. The summed E-state index contributed by atoms with van der Waals surface area (Å²) in [6, 6.07) is 8.66. The van der Waals surface area contributed by atoms with Gasteiger partial charge in [0.25, 0.3) is 0 Å². The van der Waals surface area contributed by atoms with Gasteiger partial charge in [-0.15, -0.1) is 0 Å². The van der Waals surface area contributed by atoms with Crippen LogP contribution in [0.4, 0.5) is 5.69 Å². The lowest BCUT2D eigenvalue weighted by atomic mass is 10.0. The maximum atomic E-state index is 4.15. The quantitative estimate of drug-likeness (QED) is 0.702. The van der Waals surface area contributed by atoms with Crippen molar-refractivity contribution in [1.82, 2.24) is 0 Å². The maximum absolute atomic E-state index is 4.15. The molecule has 0 atom stereocenters. The summed E-state index contributed by atoms with van der Waals surface area (Å²) in [5, 5.41) is 0. The number of hydrogen-bond acceptors (Lipinski definition) is 1. The molecule has 1 fully saturated rings. The molecule has 1 saturated carbocycles. The molecule has 0 bridgehead atoms. The van der Waals surface area contributed by atoms with Crippen LogP contribution in [0.3, 0.4) is 0 Å². The highest BCUT2D eigenvalue weighted by molar-refractivity contribution is 5.68. The van der Waals surface area contributed by atoms with Crippen molar-refractivity contribution in [1.29, 1.82) is 0 Å². The van der Waals surface area contributed by atoms with Gasteiger partial charge in [0.1, 0.15) is 0 Å². The smallest absolute Gasteiger partial charge is 0.0361 e. The molecule has 0 unspecified atom stereocenters. The van der Waals surface area contributed by atoms with Crippen molar-refractivity contribution in [2.45, 2.75) is 12.8 Å². The van der Waals surface area contributed by atoms with Gasteiger partial charge >= 0.3 is 0 Å². The molecule has 1 aromatic rings. The predicted octanol–water partition coefficient (Wildman–Crippen LogP) is 3.18. The molecule has 1 heteroatoms. The van der Waals surface area contributed by atoms with E-state index >= 15 is 0 Å². The summed E-state index contributed by atoms with van der Waals surface area (Å²) in [5.41, 5.74) is 3.87. The second-order valence-corrected chi connectivity index (χ2v) is 4.24. The van der Waals surface area contributed by atoms with Crippen LogP contribution in [-0.4, -0.2) is 14.1 Å². The van der Waals surface area contributed by atoms with Crippen LogP contribution >= 0.6 is 0 Å². The van der Waals surface area contributed by atoms with E-state index in [2.05, 4.69) is 49.8 Å². The van der Waals surface area contributed by atoms with E-state index in [0.717, 1.165) is 5.92 Å². The molecule has 14 heavy (non-hydrogen) atoms. The van der Waals surface area contributed by atoms with Crippen LogP contribution in [0, 0.1) is 5.92 Å². The Kier molecular flexibility index (Phi) is 2.32. The van der Waals surface area contributed by atoms with Crippen molar-refractivity contribution in [3.8, 4) is 0 Å². The van der Waals surface area contributed by atoms with E-state index < -0.39 is 0 Å². The molecule has 0 heterocycles. The molecule has 0 radical (unpaired) electrons. The highest BCUT2D eigenvalue weighted by atomic mass is 15.1. The van der Waals surface area contributed by atoms with Gasteiger partial charge in [-0.2, -0.15) is 0 Å². The fourth-order valence-corrected chi connectivity index (χ4v) is 1.64. The maximum Gasteiger partial charge on any atom is 0.0361 e. The first kappa shape index (κ1) is 9.32. The Hall–Kier alpha value is -1.24. The molecule has 1 aromatic carbocycles. The van der Waals surface area contributed by atoms with Gasteiger partial charge in [0.05, 0.1) is 0 Å². The van der Waals surface area contributed by atoms with Crippen molar-refractivity contribution in [2.75, 3.05) is 19.0 Å². The summed E-state index contributed by atoms with van der Waals surface area (Å²) in [7, 11) is 4.12. The molecule has 1 aliphatic rings. The Morgan fingerprint density at radius 1 is 1.21 bits per heavy atom. The van der Waals surface area contributed by atoms with Crippen molar-refractivity contribution < 1.29 is 0 Å². The summed E-state index contributed by atoms with van der Waals surface area (Å²) >= 11 is 0. The van der Waals surface area contributed by atoms with Gasteiger partial charge in [0.15, 0.2) is 0 Å². The number of hydrogen-bond donors (Lipinski definition) is 0. The lowest BCUT2D eigenvalue weighted by Crippen LogP contribution is -2.08. The van der Waals surface area contributed by atoms with E-state index in [9.17, 15) is 0 Å². The zero-order valence-corrected chi connectivity index (χ0v) is 8.96. The third kappa shape index (κ3) is 1.82. The second-order valence-electron chi connectivity index (χ2n) is 4.24. The molecule has 0 N–H and O–H groups in total. The van der Waals surface area contributed by atoms with E-state index in [-0.39, 0.29) is 0 Å². The minimum Gasteiger partial charge on any atom is -0.378 e. The Morgan fingerprint density at radius 3 is 2.21 bits per heavy atom. The molecular weight excluding hydrogens is 170 g/mol. The number of anilines is 1. The molecule has 1 nitrogen and oxygen atoms in total. The fourth-order valence-electron chi connectivity index (χ4n) is 1.64. The Balaban J connectivity index is 2.16. The highest BCUT2D eigenvalue weighted by Crippen LogP contribution is 2.40. The second kappa shape index (κ2) is 3.49. The average Bonchev–Trinajstić information content (AvgIpc) is 3.00. The van der Waals surface area contributed by atoms with Crippen LogP contribution in [0.1, 0.15) is 18.4 Å². The van der Waals surface area contributed by atoms with Gasteiger partial charge in [-0.3, -0.25) is 0 Å². The average molecular weight is 187 g/mol. The van der Waals surface area contributed by atoms with Crippen molar-refractivity contribution in [3.63, 3.8) is 0 Å². The molecule has 0 aliphatic heterocycles. The topological polar surface area (TPSA) is 3.24 Å². The zero-order valence-electron chi connectivity index (χ0n) is 8.96. The lowest BCUT2D eigenvalue weighted by Gasteiger charge is -2.13. The number of allylic oxidation sites excluding steroid dienone is 1. The Bertz CT molecular complexity index is 331. The van der Waals surface area contributed by atoms with Gasteiger partial charge in [0.2, 0.25) is 0 Å². The summed E-state index contributed by atoms with van der Waals surface area (Å²) in [6.45, 7) is 4.15. The van der Waals surface area contributed by atoms with Gasteiger partial charge in [-0.05, 0) is 42.0 Å². The van der Waals surface area contributed by atoms with E-state index in [1.54, 1.807) is 0 Å². The minimum absolute atomic E-state index is 0.764. The number of benzene rings is 1. The van der Waals surface area contributed by atoms with Crippen LogP contribution in [0.5, 0.6) is 0 Å². The third-order valence-electron chi connectivity index (χ3n) is 2.82. The van der Waals surface area contributed by atoms with Crippen LogP contribution in [0.25, 0.3) is 5.57 Å². The van der Waals surface area contributed by atoms with Crippen LogP contribution in [0.2, 0.25) is 0 Å². The Morgan fingerprint density at radius 2 is 1.79 bits per heavy atom. The summed E-state index contributed by atoms with van der Waals surface area (Å²) < 4.78 is 0. The van der Waals surface area contributed by atoms with Crippen molar-refractivity contribution >= 4 is 11.3 Å². The fraction of sp³-hybridized carbons (Fsp3) is 0.385. The predicted molar refractivity (Wildman–Crippen MR) is 62.5 cm³/mol. The number of nitrogens with zero attached hydrogens (tertiary/aromatic N) is 1. The SMILES string of the molecule is C=C(c1ccc(N(C)C)cc1)C1CC1. The van der Waals surface area contributed by atoms with Crippen LogP contribution in [-0.2, 0) is 0 Å². The van der Waals surface area contributed by atoms with E-state index in [1.165, 1.54) is 29.7 Å². The molecule has 1 aliphatic carbocycles. The summed E-state index contributed by atoms with van der Waals surface area (Å²) in [4.78, 5) is 2.11. The summed E-state index contributed by atoms with van der Waals surface area (Å²) in [5.74, 6) is 0.764. The molecule has 74 valence electrons. The first-order chi connectivity index (χ1) is 6.68. The highest BCUT2D eigenvalue weighted by Gasteiger charge is 2.25. The zero-order chi connectivity index (χ0) is 10.1. The van der Waals surface area contributed by atoms with E-state index in [4.69, 9.17) is 0 Å².